The highest BCUT2D eigenvalue weighted by Crippen LogP contribution is 2.14. The minimum Gasteiger partial charge on any atom is -0.385 e. The number of nitrogens with one attached hydrogen (secondary N) is 2. The van der Waals surface area contributed by atoms with Crippen molar-refractivity contribution in [2.24, 2.45) is 5.73 Å². The first-order chi connectivity index (χ1) is 10.2. The van der Waals surface area contributed by atoms with Crippen molar-refractivity contribution in [1.29, 1.82) is 0 Å². The molecule has 2 amide bonds. The Morgan fingerprint density at radius 1 is 0.905 bits per heavy atom. The number of nitrogens with two attached hydrogens (primary N) is 1. The first-order valence-corrected chi connectivity index (χ1v) is 8.12. The number of benzene rings is 1. The number of carbonyl (C=O) groups excluding carboxylic acids is 1. The lowest BCUT2D eigenvalue weighted by atomic mass is 10.1. The summed E-state index contributed by atoms with van der Waals surface area (Å²) >= 11 is 0. The standard InChI is InChI=1S/C17H29N3O/c1-2-3-4-5-6-7-8-9-14-19-15-10-12-16(13-11-15)20-17(18)21/h10-13,19H,2-9,14H2,1H3,(H3,18,20,21). The van der Waals surface area contributed by atoms with E-state index in [1.54, 1.807) is 0 Å². The fourth-order valence-electron chi connectivity index (χ4n) is 2.31. The Morgan fingerprint density at radius 3 is 2.00 bits per heavy atom. The van der Waals surface area contributed by atoms with Crippen molar-refractivity contribution < 1.29 is 4.79 Å². The van der Waals surface area contributed by atoms with Crippen molar-refractivity contribution in [1.82, 2.24) is 0 Å². The summed E-state index contributed by atoms with van der Waals surface area (Å²) in [5, 5.41) is 5.94. The van der Waals surface area contributed by atoms with Crippen LogP contribution >= 0.6 is 0 Å². The molecular weight excluding hydrogens is 262 g/mol. The average molecular weight is 291 g/mol. The number of hydrogen-bond acceptors (Lipinski definition) is 2. The summed E-state index contributed by atoms with van der Waals surface area (Å²) in [5.41, 5.74) is 6.86. The number of unbranched alkanes of at least 4 members (excludes halogenated alkanes) is 7. The van der Waals surface area contributed by atoms with Crippen molar-refractivity contribution >= 4 is 17.4 Å². The molecule has 0 atom stereocenters. The van der Waals surface area contributed by atoms with E-state index in [-0.39, 0.29) is 0 Å². The fraction of sp³-hybridized carbons (Fsp3) is 0.588. The Morgan fingerprint density at radius 2 is 1.43 bits per heavy atom. The van der Waals surface area contributed by atoms with Crippen molar-refractivity contribution in [3.8, 4) is 0 Å². The zero-order valence-corrected chi connectivity index (χ0v) is 13.2. The van der Waals surface area contributed by atoms with Gasteiger partial charge in [-0.3, -0.25) is 0 Å². The topological polar surface area (TPSA) is 67.2 Å². The molecule has 118 valence electrons. The summed E-state index contributed by atoms with van der Waals surface area (Å²) in [7, 11) is 0. The molecule has 1 aromatic rings. The second-order valence-corrected chi connectivity index (χ2v) is 5.47. The van der Waals surface area contributed by atoms with Gasteiger partial charge in [0, 0.05) is 17.9 Å². The van der Waals surface area contributed by atoms with Gasteiger partial charge in [-0.05, 0) is 30.7 Å². The molecule has 1 rings (SSSR count). The van der Waals surface area contributed by atoms with Crippen molar-refractivity contribution in [3.05, 3.63) is 24.3 Å². The third-order valence-corrected chi connectivity index (χ3v) is 3.51. The van der Waals surface area contributed by atoms with E-state index in [9.17, 15) is 4.79 Å². The summed E-state index contributed by atoms with van der Waals surface area (Å²) in [6, 6.07) is 7.07. The van der Waals surface area contributed by atoms with E-state index in [1.807, 2.05) is 24.3 Å². The van der Waals surface area contributed by atoms with Crippen LogP contribution in [0.25, 0.3) is 0 Å². The van der Waals surface area contributed by atoms with E-state index in [4.69, 9.17) is 5.73 Å². The van der Waals surface area contributed by atoms with E-state index >= 15 is 0 Å². The summed E-state index contributed by atoms with van der Waals surface area (Å²) < 4.78 is 0. The molecule has 0 radical (unpaired) electrons. The molecule has 0 aliphatic carbocycles. The molecule has 4 nitrogen and oxygen atoms in total. The maximum absolute atomic E-state index is 10.7. The maximum atomic E-state index is 10.7. The summed E-state index contributed by atoms with van der Waals surface area (Å²) in [6.45, 7) is 3.25. The predicted molar refractivity (Wildman–Crippen MR) is 90.7 cm³/mol. The molecule has 0 heterocycles. The molecule has 21 heavy (non-hydrogen) atoms. The number of rotatable bonds is 11. The quantitative estimate of drug-likeness (QED) is 0.516. The van der Waals surface area contributed by atoms with Gasteiger partial charge in [0.2, 0.25) is 0 Å². The highest BCUT2D eigenvalue weighted by molar-refractivity contribution is 5.87. The van der Waals surface area contributed by atoms with Crippen molar-refractivity contribution in [2.45, 2.75) is 58.3 Å². The van der Waals surface area contributed by atoms with E-state index in [0.717, 1.165) is 17.9 Å². The van der Waals surface area contributed by atoms with Gasteiger partial charge in [-0.2, -0.15) is 0 Å². The molecule has 0 aliphatic rings. The van der Waals surface area contributed by atoms with Gasteiger partial charge in [0.15, 0.2) is 0 Å². The largest absolute Gasteiger partial charge is 0.385 e. The molecule has 0 spiro atoms. The molecule has 0 aromatic heterocycles. The Balaban J connectivity index is 2.03. The molecule has 1 aromatic carbocycles. The highest BCUT2D eigenvalue weighted by Gasteiger charge is 1.97. The summed E-state index contributed by atoms with van der Waals surface area (Å²) in [5.74, 6) is 0. The summed E-state index contributed by atoms with van der Waals surface area (Å²) in [6.07, 6.45) is 10.7. The van der Waals surface area contributed by atoms with Gasteiger partial charge in [-0.25, -0.2) is 4.79 Å². The molecule has 0 aliphatic heterocycles. The molecule has 0 bridgehead atoms. The van der Waals surface area contributed by atoms with Crippen LogP contribution in [0.15, 0.2) is 24.3 Å². The SMILES string of the molecule is CCCCCCCCCCNc1ccc(NC(N)=O)cc1. The lowest BCUT2D eigenvalue weighted by molar-refractivity contribution is 0.259. The van der Waals surface area contributed by atoms with Gasteiger partial charge in [0.25, 0.3) is 0 Å². The predicted octanol–water partition coefficient (Wildman–Crippen LogP) is 4.73. The molecule has 0 saturated carbocycles. The highest BCUT2D eigenvalue weighted by atomic mass is 16.2. The van der Waals surface area contributed by atoms with Gasteiger partial charge in [-0.15, -0.1) is 0 Å². The Bertz CT molecular complexity index is 390. The first kappa shape index (κ1) is 17.3. The van der Waals surface area contributed by atoms with Crippen LogP contribution in [0.4, 0.5) is 16.2 Å². The third kappa shape index (κ3) is 8.95. The Kier molecular flexibility index (Phi) is 9.09. The van der Waals surface area contributed by atoms with Crippen LogP contribution < -0.4 is 16.4 Å². The van der Waals surface area contributed by atoms with Crippen LogP contribution in [-0.4, -0.2) is 12.6 Å². The smallest absolute Gasteiger partial charge is 0.316 e. The number of anilines is 2. The summed E-state index contributed by atoms with van der Waals surface area (Å²) in [4.78, 5) is 10.7. The van der Waals surface area contributed by atoms with Crippen LogP contribution in [0, 0.1) is 0 Å². The van der Waals surface area contributed by atoms with Crippen LogP contribution in [0.5, 0.6) is 0 Å². The first-order valence-electron chi connectivity index (χ1n) is 8.12. The lowest BCUT2D eigenvalue weighted by Gasteiger charge is -2.08. The van der Waals surface area contributed by atoms with Crippen LogP contribution in [0.1, 0.15) is 58.3 Å². The van der Waals surface area contributed by atoms with Gasteiger partial charge in [0.05, 0.1) is 0 Å². The van der Waals surface area contributed by atoms with Crippen LogP contribution in [-0.2, 0) is 0 Å². The molecule has 4 heteroatoms. The number of carbonyl (C=O) groups is 1. The normalized spacial score (nSPS) is 10.3. The Hall–Kier alpha value is -1.71. The molecule has 4 N–H and O–H groups in total. The number of urea groups is 1. The molecule has 0 unspecified atom stereocenters. The Labute approximate surface area is 128 Å². The fourth-order valence-corrected chi connectivity index (χ4v) is 2.31. The third-order valence-electron chi connectivity index (χ3n) is 3.51. The zero-order chi connectivity index (χ0) is 15.3. The van der Waals surface area contributed by atoms with E-state index in [1.165, 1.54) is 51.4 Å². The maximum Gasteiger partial charge on any atom is 0.316 e. The molecule has 0 saturated heterocycles. The van der Waals surface area contributed by atoms with Gasteiger partial charge >= 0.3 is 6.03 Å². The minimum absolute atomic E-state index is 0.533. The van der Waals surface area contributed by atoms with E-state index in [2.05, 4.69) is 17.6 Å². The van der Waals surface area contributed by atoms with Gasteiger partial charge < -0.3 is 16.4 Å². The number of amides is 2. The van der Waals surface area contributed by atoms with Gasteiger partial charge in [-0.1, -0.05) is 51.9 Å². The second-order valence-electron chi connectivity index (χ2n) is 5.47. The number of hydrogen-bond donors (Lipinski definition) is 3. The van der Waals surface area contributed by atoms with Crippen LogP contribution in [0.3, 0.4) is 0 Å². The molecular formula is C17H29N3O. The monoisotopic (exact) mass is 291 g/mol. The van der Waals surface area contributed by atoms with Gasteiger partial charge in [0.1, 0.15) is 0 Å². The van der Waals surface area contributed by atoms with E-state index in [0.29, 0.717) is 0 Å². The van der Waals surface area contributed by atoms with Crippen molar-refractivity contribution in [3.63, 3.8) is 0 Å². The second kappa shape index (κ2) is 11.0. The zero-order valence-electron chi connectivity index (χ0n) is 13.2. The van der Waals surface area contributed by atoms with Crippen LogP contribution in [0.2, 0.25) is 0 Å². The lowest BCUT2D eigenvalue weighted by Crippen LogP contribution is -2.19. The number of primary amides is 1. The average Bonchev–Trinajstić information content (AvgIpc) is 2.47. The molecule has 0 fully saturated rings. The van der Waals surface area contributed by atoms with E-state index < -0.39 is 6.03 Å². The van der Waals surface area contributed by atoms with Crippen molar-refractivity contribution in [2.75, 3.05) is 17.2 Å². The minimum atomic E-state index is -0.533.